The van der Waals surface area contributed by atoms with Gasteiger partial charge in [0.2, 0.25) is 5.75 Å². The van der Waals surface area contributed by atoms with Gasteiger partial charge < -0.3 is 29.0 Å². The maximum Gasteiger partial charge on any atom is 0.255 e. The molecule has 0 radical (unpaired) electrons. The molecule has 7 heteroatoms. The summed E-state index contributed by atoms with van der Waals surface area (Å²) < 4.78 is 27.3. The van der Waals surface area contributed by atoms with E-state index in [-0.39, 0.29) is 11.9 Å². The molecule has 2 rings (SSSR count). The van der Waals surface area contributed by atoms with Crippen LogP contribution in [0.2, 0.25) is 0 Å². The number of methoxy groups -OCH3 is 4. The lowest BCUT2D eigenvalue weighted by molar-refractivity contribution is 0.0936. The van der Waals surface area contributed by atoms with Crippen LogP contribution in [-0.2, 0) is 0 Å². The third kappa shape index (κ3) is 5.28. The smallest absolute Gasteiger partial charge is 0.255 e. The molecule has 0 heterocycles. The number of hydrogen-bond acceptors (Lipinski definition) is 6. The van der Waals surface area contributed by atoms with Crippen LogP contribution in [0.15, 0.2) is 30.3 Å². The van der Waals surface area contributed by atoms with Crippen molar-refractivity contribution in [1.82, 2.24) is 5.32 Å². The molecule has 0 spiro atoms. The van der Waals surface area contributed by atoms with Gasteiger partial charge in [-0.1, -0.05) is 19.9 Å². The lowest BCUT2D eigenvalue weighted by Crippen LogP contribution is -2.27. The first-order valence-corrected chi connectivity index (χ1v) is 9.76. The summed E-state index contributed by atoms with van der Waals surface area (Å²) in [5.41, 5.74) is 1.24. The number of ether oxygens (including phenoxy) is 5. The van der Waals surface area contributed by atoms with Crippen molar-refractivity contribution in [2.24, 2.45) is 5.92 Å². The second-order valence-electron chi connectivity index (χ2n) is 7.19. The van der Waals surface area contributed by atoms with Crippen LogP contribution in [0.1, 0.15) is 42.7 Å². The minimum atomic E-state index is -0.292. The molecule has 2 aromatic carbocycles. The highest BCUT2D eigenvalue weighted by Gasteiger charge is 2.22. The molecule has 1 atom stereocenters. The molecule has 0 saturated heterocycles. The highest BCUT2D eigenvalue weighted by Crippen LogP contribution is 2.40. The average Bonchev–Trinajstić information content (AvgIpc) is 2.75. The summed E-state index contributed by atoms with van der Waals surface area (Å²) >= 11 is 0. The van der Waals surface area contributed by atoms with Crippen LogP contribution in [0, 0.1) is 5.92 Å². The number of carbonyl (C=O) groups excluding carboxylic acids is 1. The molecule has 2 aromatic rings. The number of nitrogens with one attached hydrogen (secondary N) is 1. The lowest BCUT2D eigenvalue weighted by Gasteiger charge is -2.19. The van der Waals surface area contributed by atoms with E-state index in [1.807, 2.05) is 25.1 Å². The summed E-state index contributed by atoms with van der Waals surface area (Å²) in [4.78, 5) is 12.9. The molecule has 164 valence electrons. The summed E-state index contributed by atoms with van der Waals surface area (Å²) in [6.45, 7) is 6.66. The molecule has 30 heavy (non-hydrogen) atoms. The van der Waals surface area contributed by atoms with Gasteiger partial charge in [0.1, 0.15) is 0 Å². The highest BCUT2D eigenvalue weighted by molar-refractivity contribution is 5.98. The standard InChI is InChI=1S/C23H31NO6/c1-14(2)13-30-18-10-8-16(12-20(18)27-5)15(3)24-23(25)17-9-11-19(26-4)22(29-7)21(17)28-6/h8-12,14-15H,13H2,1-7H3,(H,24,25). The van der Waals surface area contributed by atoms with E-state index in [1.54, 1.807) is 19.2 Å². The summed E-state index contributed by atoms with van der Waals surface area (Å²) in [6, 6.07) is 8.68. The molecule has 0 fully saturated rings. The van der Waals surface area contributed by atoms with Gasteiger partial charge in [0.05, 0.1) is 46.7 Å². The molecule has 0 aliphatic carbocycles. The van der Waals surface area contributed by atoms with Gasteiger partial charge in [-0.05, 0) is 42.7 Å². The van der Waals surface area contributed by atoms with Crippen molar-refractivity contribution in [3.63, 3.8) is 0 Å². The van der Waals surface area contributed by atoms with E-state index in [0.29, 0.717) is 46.8 Å². The van der Waals surface area contributed by atoms with Gasteiger partial charge in [-0.2, -0.15) is 0 Å². The maximum atomic E-state index is 12.9. The summed E-state index contributed by atoms with van der Waals surface area (Å²) in [6.07, 6.45) is 0. The fourth-order valence-electron chi connectivity index (χ4n) is 2.97. The van der Waals surface area contributed by atoms with E-state index in [9.17, 15) is 4.79 Å². The van der Waals surface area contributed by atoms with E-state index in [1.165, 1.54) is 21.3 Å². The predicted molar refractivity (Wildman–Crippen MR) is 115 cm³/mol. The van der Waals surface area contributed by atoms with E-state index in [2.05, 4.69) is 19.2 Å². The summed E-state index contributed by atoms with van der Waals surface area (Å²) in [5, 5.41) is 2.99. The Morgan fingerprint density at radius 3 is 2.03 bits per heavy atom. The normalized spacial score (nSPS) is 11.6. The van der Waals surface area contributed by atoms with Crippen LogP contribution in [0.4, 0.5) is 0 Å². The number of benzene rings is 2. The topological polar surface area (TPSA) is 75.3 Å². The highest BCUT2D eigenvalue weighted by atomic mass is 16.5. The minimum Gasteiger partial charge on any atom is -0.493 e. The molecular weight excluding hydrogens is 386 g/mol. The molecule has 7 nitrogen and oxygen atoms in total. The van der Waals surface area contributed by atoms with Gasteiger partial charge >= 0.3 is 0 Å². The van der Waals surface area contributed by atoms with Crippen LogP contribution in [0.5, 0.6) is 28.7 Å². The zero-order chi connectivity index (χ0) is 22.3. The lowest BCUT2D eigenvalue weighted by atomic mass is 10.1. The van der Waals surface area contributed by atoms with Crippen LogP contribution < -0.4 is 29.0 Å². The fraction of sp³-hybridized carbons (Fsp3) is 0.435. The van der Waals surface area contributed by atoms with E-state index in [4.69, 9.17) is 23.7 Å². The quantitative estimate of drug-likeness (QED) is 0.623. The first kappa shape index (κ1) is 23.2. The summed E-state index contributed by atoms with van der Waals surface area (Å²) in [7, 11) is 6.11. The average molecular weight is 418 g/mol. The van der Waals surface area contributed by atoms with Gasteiger partial charge in [0.15, 0.2) is 23.0 Å². The molecule has 0 aliphatic rings. The molecule has 0 bridgehead atoms. The Hall–Kier alpha value is -3.09. The zero-order valence-corrected chi connectivity index (χ0v) is 18.7. The number of carbonyl (C=O) groups is 1. The number of amides is 1. The van der Waals surface area contributed by atoms with Gasteiger partial charge in [0, 0.05) is 0 Å². The Morgan fingerprint density at radius 1 is 0.833 bits per heavy atom. The number of hydrogen-bond donors (Lipinski definition) is 1. The predicted octanol–water partition coefficient (Wildman–Crippen LogP) is 4.25. The Balaban J connectivity index is 2.23. The Bertz CT molecular complexity index is 865. The van der Waals surface area contributed by atoms with Gasteiger partial charge in [-0.25, -0.2) is 0 Å². The fourth-order valence-corrected chi connectivity index (χ4v) is 2.97. The van der Waals surface area contributed by atoms with Crippen molar-refractivity contribution in [1.29, 1.82) is 0 Å². The summed E-state index contributed by atoms with van der Waals surface area (Å²) in [5.74, 6) is 2.59. The van der Waals surface area contributed by atoms with E-state index >= 15 is 0 Å². The first-order valence-electron chi connectivity index (χ1n) is 9.76. The Labute approximate surface area is 178 Å². The molecule has 0 aliphatic heterocycles. The van der Waals surface area contributed by atoms with Crippen LogP contribution in [0.3, 0.4) is 0 Å². The van der Waals surface area contributed by atoms with Crippen molar-refractivity contribution in [3.05, 3.63) is 41.5 Å². The molecular formula is C23H31NO6. The van der Waals surface area contributed by atoms with E-state index in [0.717, 1.165) is 5.56 Å². The van der Waals surface area contributed by atoms with Crippen LogP contribution in [-0.4, -0.2) is 41.0 Å². The first-order chi connectivity index (χ1) is 14.4. The molecule has 1 N–H and O–H groups in total. The Morgan fingerprint density at radius 2 is 1.47 bits per heavy atom. The third-order valence-corrected chi connectivity index (χ3v) is 4.56. The monoisotopic (exact) mass is 417 g/mol. The molecule has 1 amide bonds. The molecule has 0 aromatic heterocycles. The Kier molecular flexibility index (Phi) is 8.21. The van der Waals surface area contributed by atoms with Gasteiger partial charge in [0.25, 0.3) is 5.91 Å². The SMILES string of the molecule is COc1cc(C(C)NC(=O)c2ccc(OC)c(OC)c2OC)ccc1OCC(C)C. The van der Waals surface area contributed by atoms with Crippen molar-refractivity contribution >= 4 is 5.91 Å². The molecule has 0 saturated carbocycles. The van der Waals surface area contributed by atoms with Crippen LogP contribution >= 0.6 is 0 Å². The van der Waals surface area contributed by atoms with Crippen molar-refractivity contribution in [2.45, 2.75) is 26.8 Å². The van der Waals surface area contributed by atoms with Crippen molar-refractivity contribution in [3.8, 4) is 28.7 Å². The second-order valence-corrected chi connectivity index (χ2v) is 7.19. The number of rotatable bonds is 10. The maximum absolute atomic E-state index is 12.9. The van der Waals surface area contributed by atoms with Crippen molar-refractivity contribution in [2.75, 3.05) is 35.0 Å². The van der Waals surface area contributed by atoms with Gasteiger partial charge in [-0.3, -0.25) is 4.79 Å². The van der Waals surface area contributed by atoms with E-state index < -0.39 is 0 Å². The third-order valence-electron chi connectivity index (χ3n) is 4.56. The van der Waals surface area contributed by atoms with Crippen LogP contribution in [0.25, 0.3) is 0 Å². The zero-order valence-electron chi connectivity index (χ0n) is 18.7. The minimum absolute atomic E-state index is 0.275. The van der Waals surface area contributed by atoms with Crippen molar-refractivity contribution < 1.29 is 28.5 Å². The second kappa shape index (κ2) is 10.6. The van der Waals surface area contributed by atoms with Gasteiger partial charge in [-0.15, -0.1) is 0 Å². The molecule has 1 unspecified atom stereocenters. The largest absolute Gasteiger partial charge is 0.493 e.